The van der Waals surface area contributed by atoms with Crippen molar-refractivity contribution in [2.75, 3.05) is 18.0 Å². The van der Waals surface area contributed by atoms with Crippen LogP contribution >= 0.6 is 0 Å². The first-order chi connectivity index (χ1) is 8.11. The highest BCUT2D eigenvalue weighted by atomic mass is 19.1. The van der Waals surface area contributed by atoms with Crippen molar-refractivity contribution in [3.63, 3.8) is 0 Å². The predicted molar refractivity (Wildman–Crippen MR) is 69.8 cm³/mol. The molecule has 0 unspecified atom stereocenters. The normalized spacial score (nSPS) is 12.5. The van der Waals surface area contributed by atoms with Gasteiger partial charge < -0.3 is 10.0 Å². The van der Waals surface area contributed by atoms with Crippen LogP contribution in [0.2, 0.25) is 0 Å². The molecule has 3 heteroatoms. The zero-order chi connectivity index (χ0) is 12.8. The van der Waals surface area contributed by atoms with E-state index in [1.54, 1.807) is 13.0 Å². The number of nitrogens with zero attached hydrogens (tertiary/aromatic N) is 1. The van der Waals surface area contributed by atoms with Gasteiger partial charge in [-0.3, -0.25) is 0 Å². The number of halogens is 1. The number of rotatable bonds is 6. The Kier molecular flexibility index (Phi) is 5.42. The van der Waals surface area contributed by atoms with Crippen molar-refractivity contribution in [1.29, 1.82) is 0 Å². The molecular weight excluding hydrogens is 217 g/mol. The van der Waals surface area contributed by atoms with E-state index < -0.39 is 6.10 Å². The van der Waals surface area contributed by atoms with E-state index in [0.29, 0.717) is 5.56 Å². The largest absolute Gasteiger partial charge is 0.389 e. The second kappa shape index (κ2) is 6.60. The Hall–Kier alpha value is -1.09. The maximum atomic E-state index is 13.8. The van der Waals surface area contributed by atoms with Crippen molar-refractivity contribution in [2.45, 2.75) is 39.7 Å². The van der Waals surface area contributed by atoms with E-state index in [4.69, 9.17) is 0 Å². The molecule has 0 aromatic heterocycles. The summed E-state index contributed by atoms with van der Waals surface area (Å²) in [5, 5.41) is 9.70. The summed E-state index contributed by atoms with van der Waals surface area (Å²) in [5.74, 6) is -0.324. The van der Waals surface area contributed by atoms with Crippen molar-refractivity contribution in [1.82, 2.24) is 0 Å². The highest BCUT2D eigenvalue weighted by Crippen LogP contribution is 2.29. The molecule has 0 fully saturated rings. The fourth-order valence-corrected chi connectivity index (χ4v) is 2.11. The van der Waals surface area contributed by atoms with Crippen molar-refractivity contribution in [2.24, 2.45) is 0 Å². The molecule has 0 aliphatic rings. The molecule has 0 saturated heterocycles. The molecule has 0 radical (unpaired) electrons. The molecule has 2 nitrogen and oxygen atoms in total. The van der Waals surface area contributed by atoms with Crippen LogP contribution in [0, 0.1) is 5.82 Å². The Labute approximate surface area is 103 Å². The predicted octanol–water partition coefficient (Wildman–Crippen LogP) is 3.51. The van der Waals surface area contributed by atoms with Crippen LogP contribution in [0.1, 0.15) is 45.3 Å². The van der Waals surface area contributed by atoms with Crippen LogP contribution in [0.4, 0.5) is 10.1 Å². The van der Waals surface area contributed by atoms with Crippen molar-refractivity contribution < 1.29 is 9.50 Å². The van der Waals surface area contributed by atoms with Gasteiger partial charge in [0.25, 0.3) is 0 Å². The van der Waals surface area contributed by atoms with E-state index in [0.717, 1.165) is 31.6 Å². The minimum absolute atomic E-state index is 0.324. The fourth-order valence-electron chi connectivity index (χ4n) is 2.11. The molecule has 0 heterocycles. The first-order valence-corrected chi connectivity index (χ1v) is 6.33. The van der Waals surface area contributed by atoms with Crippen LogP contribution in [0.3, 0.4) is 0 Å². The maximum Gasteiger partial charge on any atom is 0.131 e. The van der Waals surface area contributed by atoms with Crippen LogP contribution in [0.5, 0.6) is 0 Å². The zero-order valence-corrected chi connectivity index (χ0v) is 10.9. The topological polar surface area (TPSA) is 23.5 Å². The molecular formula is C14H22FNO. The highest BCUT2D eigenvalue weighted by Gasteiger charge is 2.17. The highest BCUT2D eigenvalue weighted by molar-refractivity contribution is 5.55. The van der Waals surface area contributed by atoms with Gasteiger partial charge in [0.2, 0.25) is 0 Å². The second-order valence-electron chi connectivity index (χ2n) is 4.34. The molecule has 1 aromatic carbocycles. The number of hydrogen-bond donors (Lipinski definition) is 1. The van der Waals surface area contributed by atoms with Gasteiger partial charge in [-0.1, -0.05) is 19.9 Å². The minimum Gasteiger partial charge on any atom is -0.389 e. The first-order valence-electron chi connectivity index (χ1n) is 6.33. The summed E-state index contributed by atoms with van der Waals surface area (Å²) in [7, 11) is 0. The number of aliphatic hydroxyl groups is 1. The van der Waals surface area contributed by atoms with Crippen molar-refractivity contribution in [3.05, 3.63) is 29.6 Å². The second-order valence-corrected chi connectivity index (χ2v) is 4.34. The van der Waals surface area contributed by atoms with Gasteiger partial charge >= 0.3 is 0 Å². The third-order valence-corrected chi connectivity index (χ3v) is 2.78. The number of hydrogen-bond acceptors (Lipinski definition) is 2. The third kappa shape index (κ3) is 3.43. The molecule has 0 aliphatic heterocycles. The fraction of sp³-hybridized carbons (Fsp3) is 0.571. The van der Waals surface area contributed by atoms with Gasteiger partial charge in [0.05, 0.1) is 6.10 Å². The SMILES string of the molecule is CCCN(CCC)c1cccc(F)c1[C@H](C)O. The average molecular weight is 239 g/mol. The molecule has 0 bridgehead atoms. The lowest BCUT2D eigenvalue weighted by Gasteiger charge is -2.27. The minimum atomic E-state index is -0.776. The summed E-state index contributed by atoms with van der Waals surface area (Å²) >= 11 is 0. The molecule has 0 amide bonds. The first kappa shape index (κ1) is 14.0. The van der Waals surface area contributed by atoms with Gasteiger partial charge in [0.15, 0.2) is 0 Å². The molecule has 1 N–H and O–H groups in total. The number of benzene rings is 1. The van der Waals surface area contributed by atoms with Gasteiger partial charge in [-0.15, -0.1) is 0 Å². The third-order valence-electron chi connectivity index (χ3n) is 2.78. The Bertz CT molecular complexity index is 346. The summed E-state index contributed by atoms with van der Waals surface area (Å²) in [6.45, 7) is 7.58. The molecule has 96 valence electrons. The smallest absolute Gasteiger partial charge is 0.131 e. The summed E-state index contributed by atoms with van der Waals surface area (Å²) < 4.78 is 13.8. The Morgan fingerprint density at radius 2 is 1.82 bits per heavy atom. The summed E-state index contributed by atoms with van der Waals surface area (Å²) in [5.41, 5.74) is 1.23. The van der Waals surface area contributed by atoms with E-state index in [1.807, 2.05) is 6.07 Å². The molecule has 1 rings (SSSR count). The summed E-state index contributed by atoms with van der Waals surface area (Å²) in [4.78, 5) is 2.14. The van der Waals surface area contributed by atoms with Crippen LogP contribution in [0.15, 0.2) is 18.2 Å². The van der Waals surface area contributed by atoms with E-state index in [9.17, 15) is 9.50 Å². The van der Waals surface area contributed by atoms with Crippen molar-refractivity contribution >= 4 is 5.69 Å². The Morgan fingerprint density at radius 3 is 2.29 bits per heavy atom. The van der Waals surface area contributed by atoms with Gasteiger partial charge in [-0.05, 0) is 31.9 Å². The number of anilines is 1. The molecule has 0 spiro atoms. The van der Waals surface area contributed by atoms with Crippen LogP contribution < -0.4 is 4.90 Å². The van der Waals surface area contributed by atoms with Gasteiger partial charge in [0.1, 0.15) is 5.82 Å². The van der Waals surface area contributed by atoms with Gasteiger partial charge in [-0.2, -0.15) is 0 Å². The van der Waals surface area contributed by atoms with E-state index in [1.165, 1.54) is 6.07 Å². The van der Waals surface area contributed by atoms with Gasteiger partial charge in [-0.25, -0.2) is 4.39 Å². The lowest BCUT2D eigenvalue weighted by atomic mass is 10.1. The van der Waals surface area contributed by atoms with Crippen LogP contribution in [-0.2, 0) is 0 Å². The zero-order valence-electron chi connectivity index (χ0n) is 10.9. The quantitative estimate of drug-likeness (QED) is 0.821. The summed E-state index contributed by atoms with van der Waals surface area (Å²) in [6, 6.07) is 4.99. The standard InChI is InChI=1S/C14H22FNO/c1-4-9-16(10-5-2)13-8-6-7-12(15)14(13)11(3)17/h6-8,11,17H,4-5,9-10H2,1-3H3/t11-/m0/s1. The van der Waals surface area contributed by atoms with Crippen molar-refractivity contribution in [3.8, 4) is 0 Å². The maximum absolute atomic E-state index is 13.8. The number of aliphatic hydroxyl groups excluding tert-OH is 1. The summed E-state index contributed by atoms with van der Waals surface area (Å²) in [6.07, 6.45) is 1.24. The average Bonchev–Trinajstić information content (AvgIpc) is 2.28. The molecule has 1 aromatic rings. The van der Waals surface area contributed by atoms with Crippen LogP contribution in [-0.4, -0.2) is 18.2 Å². The van der Waals surface area contributed by atoms with E-state index in [2.05, 4.69) is 18.7 Å². The molecule has 0 saturated carbocycles. The van der Waals surface area contributed by atoms with E-state index >= 15 is 0 Å². The van der Waals surface area contributed by atoms with Crippen LogP contribution in [0.25, 0.3) is 0 Å². The lowest BCUT2D eigenvalue weighted by Crippen LogP contribution is -2.26. The molecule has 1 atom stereocenters. The van der Waals surface area contributed by atoms with Gasteiger partial charge in [0, 0.05) is 24.3 Å². The molecule has 17 heavy (non-hydrogen) atoms. The Morgan fingerprint density at radius 1 is 1.24 bits per heavy atom. The monoisotopic (exact) mass is 239 g/mol. The Balaban J connectivity index is 3.12. The lowest BCUT2D eigenvalue weighted by molar-refractivity contribution is 0.194. The molecule has 0 aliphatic carbocycles. The van der Waals surface area contributed by atoms with E-state index in [-0.39, 0.29) is 5.82 Å².